The van der Waals surface area contributed by atoms with Crippen molar-refractivity contribution in [3.05, 3.63) is 234 Å². The number of aliphatic imine (C=N–C) groups is 2. The van der Waals surface area contributed by atoms with Crippen LogP contribution in [-0.4, -0.2) is 28.2 Å². The fraction of sp³-hybridized carbons (Fsp3) is 0.121. The van der Waals surface area contributed by atoms with Crippen molar-refractivity contribution in [2.75, 3.05) is 7.05 Å². The molecule has 4 unspecified atom stereocenters. The zero-order valence-electron chi connectivity index (χ0n) is 39.6. The molecule has 7 aromatic carbocycles. The second-order valence-electron chi connectivity index (χ2n) is 18.9. The van der Waals surface area contributed by atoms with E-state index in [1.807, 2.05) is 17.4 Å². The standard InChI is InChI=1S/C66H48N4S/c1-43-21-16-17-30-50(43)64-67-65(46-26-12-7-13-27-46)69(2)66(68-64)58-39-48(63-52(44-22-8-5-9-23-44)32-20-33-53(63)45-24-10-6-11-25-45)36-37-51(58)47-35-38-55-57-41-60-56(42-62(57)71-61(55)40-47)54-31-18-19-34-59(54)70(60)49-28-14-3-4-15-29-49/h3,5,7-10,12-13,16-27,29-43,49-50,66H,6,11H2,1-2H3. The van der Waals surface area contributed by atoms with Gasteiger partial charge in [0.15, 0.2) is 6.17 Å². The Labute approximate surface area is 418 Å². The predicted molar refractivity (Wildman–Crippen MR) is 300 cm³/mol. The Morgan fingerprint density at radius 1 is 0.620 bits per heavy atom. The molecule has 3 heterocycles. The van der Waals surface area contributed by atoms with Gasteiger partial charge in [-0.05, 0) is 93.6 Å². The lowest BCUT2D eigenvalue weighted by Crippen LogP contribution is -2.37. The summed E-state index contributed by atoms with van der Waals surface area (Å²) in [6.45, 7) is 2.27. The molecule has 0 N–H and O–H groups in total. The molecule has 338 valence electrons. The third kappa shape index (κ3) is 7.50. The SMILES string of the molecule is CC1C=CC=CC1C1=NC(c2cc(-c3c(C4=CCCC=C4)cccc3-c3ccccc3)ccc2-c2ccc3c(c2)sc2cc4c5ccccc5n(C5C#CC=C=C=C5)c4cc23)N(C)C(c2ccccc2)=N1. The molecule has 0 spiro atoms. The van der Waals surface area contributed by atoms with Crippen molar-refractivity contribution in [1.29, 1.82) is 0 Å². The second kappa shape index (κ2) is 17.8. The average molecular weight is 929 g/mol. The molecule has 0 amide bonds. The van der Waals surface area contributed by atoms with Crippen LogP contribution in [0.5, 0.6) is 0 Å². The number of thiophene rings is 1. The molecule has 2 aromatic heterocycles. The van der Waals surface area contributed by atoms with Gasteiger partial charge in [-0.2, -0.15) is 0 Å². The summed E-state index contributed by atoms with van der Waals surface area (Å²) in [5.74, 6) is 8.65. The van der Waals surface area contributed by atoms with Crippen LogP contribution in [-0.2, 0) is 0 Å². The van der Waals surface area contributed by atoms with Crippen LogP contribution in [0.1, 0.15) is 48.7 Å². The van der Waals surface area contributed by atoms with Crippen molar-refractivity contribution < 1.29 is 0 Å². The fourth-order valence-electron chi connectivity index (χ4n) is 11.1. The van der Waals surface area contributed by atoms with Crippen LogP contribution in [0.25, 0.3) is 80.9 Å². The zero-order chi connectivity index (χ0) is 47.4. The molecule has 3 aliphatic carbocycles. The highest BCUT2D eigenvalue weighted by atomic mass is 32.1. The number of benzene rings is 7. The van der Waals surface area contributed by atoms with Crippen molar-refractivity contribution in [2.24, 2.45) is 21.8 Å². The molecule has 0 radical (unpaired) electrons. The van der Waals surface area contributed by atoms with Crippen LogP contribution >= 0.6 is 11.3 Å². The quantitative estimate of drug-likeness (QED) is 0.110. The first-order valence-corrected chi connectivity index (χ1v) is 25.4. The molecule has 1 aliphatic heterocycles. The summed E-state index contributed by atoms with van der Waals surface area (Å²) in [4.78, 5) is 13.4. The molecule has 0 bridgehead atoms. The van der Waals surface area contributed by atoms with Gasteiger partial charge in [0.2, 0.25) is 0 Å². The van der Waals surface area contributed by atoms with E-state index in [1.54, 1.807) is 6.08 Å². The van der Waals surface area contributed by atoms with Crippen LogP contribution < -0.4 is 0 Å². The van der Waals surface area contributed by atoms with Gasteiger partial charge < -0.3 is 9.47 Å². The lowest BCUT2D eigenvalue weighted by Gasteiger charge is -2.35. The van der Waals surface area contributed by atoms with Crippen LogP contribution in [0, 0.1) is 23.7 Å². The average Bonchev–Trinajstić information content (AvgIpc) is 3.80. The molecular formula is C66H48N4S. The highest BCUT2D eigenvalue weighted by Gasteiger charge is 2.33. The summed E-state index contributed by atoms with van der Waals surface area (Å²) in [5, 5.41) is 4.93. The number of hydrogen-bond acceptors (Lipinski definition) is 4. The minimum Gasteiger partial charge on any atom is -0.333 e. The first-order chi connectivity index (χ1) is 35.1. The molecule has 13 rings (SSSR count). The van der Waals surface area contributed by atoms with Crippen molar-refractivity contribution in [1.82, 2.24) is 9.47 Å². The van der Waals surface area contributed by atoms with Gasteiger partial charge in [0.1, 0.15) is 17.7 Å². The molecule has 71 heavy (non-hydrogen) atoms. The van der Waals surface area contributed by atoms with Gasteiger partial charge in [-0.3, -0.25) is 0 Å². The smallest absolute Gasteiger partial charge is 0.150 e. The normalized spacial score (nSPS) is 19.3. The Hall–Kier alpha value is -8.48. The third-order valence-electron chi connectivity index (χ3n) is 14.6. The van der Waals surface area contributed by atoms with E-state index >= 15 is 0 Å². The van der Waals surface area contributed by atoms with Crippen LogP contribution in [0.3, 0.4) is 0 Å². The van der Waals surface area contributed by atoms with E-state index in [1.165, 1.54) is 58.8 Å². The third-order valence-corrected chi connectivity index (χ3v) is 15.7. The highest BCUT2D eigenvalue weighted by Crippen LogP contribution is 2.46. The van der Waals surface area contributed by atoms with E-state index in [0.29, 0.717) is 0 Å². The fourth-order valence-corrected chi connectivity index (χ4v) is 12.3. The van der Waals surface area contributed by atoms with Gasteiger partial charge in [0.05, 0.1) is 11.0 Å². The lowest BCUT2D eigenvalue weighted by atomic mass is 9.84. The minimum absolute atomic E-state index is 0.0372. The minimum atomic E-state index is -0.376. The van der Waals surface area contributed by atoms with Gasteiger partial charge in [0.25, 0.3) is 0 Å². The van der Waals surface area contributed by atoms with E-state index in [9.17, 15) is 0 Å². The summed E-state index contributed by atoms with van der Waals surface area (Å²) >= 11 is 1.86. The van der Waals surface area contributed by atoms with Crippen molar-refractivity contribution in [2.45, 2.75) is 32.0 Å². The Morgan fingerprint density at radius 3 is 2.25 bits per heavy atom. The van der Waals surface area contributed by atoms with Gasteiger partial charge in [-0.25, -0.2) is 9.98 Å². The van der Waals surface area contributed by atoms with E-state index in [-0.39, 0.29) is 24.0 Å². The topological polar surface area (TPSA) is 32.9 Å². The first-order valence-electron chi connectivity index (χ1n) is 24.6. The van der Waals surface area contributed by atoms with E-state index in [4.69, 9.17) is 9.98 Å². The van der Waals surface area contributed by atoms with Crippen molar-refractivity contribution >= 4 is 70.6 Å². The maximum Gasteiger partial charge on any atom is 0.150 e. The van der Waals surface area contributed by atoms with E-state index < -0.39 is 0 Å². The Balaban J connectivity index is 1.03. The van der Waals surface area contributed by atoms with Crippen LogP contribution in [0.2, 0.25) is 0 Å². The molecule has 0 saturated carbocycles. The molecule has 4 nitrogen and oxygen atoms in total. The largest absolute Gasteiger partial charge is 0.333 e. The monoisotopic (exact) mass is 928 g/mol. The number of nitrogens with zero attached hydrogens (tertiary/aromatic N) is 4. The van der Waals surface area contributed by atoms with Gasteiger partial charge >= 0.3 is 0 Å². The summed E-state index contributed by atoms with van der Waals surface area (Å²) in [7, 11) is 2.16. The summed E-state index contributed by atoms with van der Waals surface area (Å²) in [5.41, 5.74) is 20.3. The van der Waals surface area contributed by atoms with Crippen molar-refractivity contribution in [3.8, 4) is 45.2 Å². The zero-order valence-corrected chi connectivity index (χ0v) is 40.4. The Kier molecular flexibility index (Phi) is 10.7. The summed E-state index contributed by atoms with van der Waals surface area (Å²) in [6.07, 6.45) is 21.3. The highest BCUT2D eigenvalue weighted by molar-refractivity contribution is 7.26. The molecular weight excluding hydrogens is 881 g/mol. The summed E-state index contributed by atoms with van der Waals surface area (Å²) in [6, 6.07) is 55.7. The molecule has 5 heteroatoms. The Morgan fingerprint density at radius 2 is 1.41 bits per heavy atom. The van der Waals surface area contributed by atoms with Crippen molar-refractivity contribution in [3.63, 3.8) is 0 Å². The van der Waals surface area contributed by atoms with Crippen LogP contribution in [0.4, 0.5) is 0 Å². The number of aromatic nitrogens is 1. The number of allylic oxidation sites excluding steroid dienone is 9. The van der Waals surface area contributed by atoms with E-state index in [2.05, 4.69) is 241 Å². The van der Waals surface area contributed by atoms with Gasteiger partial charge in [0, 0.05) is 67.2 Å². The number of rotatable bonds is 8. The van der Waals surface area contributed by atoms with Gasteiger partial charge in [-0.15, -0.1) is 11.3 Å². The molecule has 4 aliphatic rings. The van der Waals surface area contributed by atoms with Crippen LogP contribution in [0.15, 0.2) is 228 Å². The Bertz CT molecular complexity index is 4020. The number of hydrogen-bond donors (Lipinski definition) is 0. The lowest BCUT2D eigenvalue weighted by molar-refractivity contribution is 0.379. The number of amidine groups is 2. The van der Waals surface area contributed by atoms with E-state index in [0.717, 1.165) is 63.4 Å². The first kappa shape index (κ1) is 42.6. The number of para-hydroxylation sites is 1. The molecule has 4 atom stereocenters. The second-order valence-corrected chi connectivity index (χ2v) is 19.9. The van der Waals surface area contributed by atoms with Gasteiger partial charge in [-0.1, -0.05) is 194 Å². The molecule has 9 aromatic rings. The summed E-state index contributed by atoms with van der Waals surface area (Å²) < 4.78 is 4.87. The predicted octanol–water partition coefficient (Wildman–Crippen LogP) is 16.5. The maximum absolute atomic E-state index is 5.72. The molecule has 0 saturated heterocycles. The maximum atomic E-state index is 5.72. The molecule has 0 fully saturated rings. The number of fused-ring (bicyclic) bond motifs is 6.